The molecular formula is C83H84Cl2N4+2. The van der Waals surface area contributed by atoms with E-state index in [4.69, 9.17) is 23.2 Å². The van der Waals surface area contributed by atoms with Gasteiger partial charge in [-0.05, 0) is 186 Å². The van der Waals surface area contributed by atoms with E-state index in [0.29, 0.717) is 0 Å². The molecule has 0 aromatic heterocycles. The summed E-state index contributed by atoms with van der Waals surface area (Å²) in [7, 11) is 4.42. The topological polar surface area (TPSA) is 12.5 Å². The highest BCUT2D eigenvalue weighted by molar-refractivity contribution is 6.33. The number of anilines is 2. The Kier molecular flexibility index (Phi) is 15.0. The molecule has 4 heterocycles. The highest BCUT2D eigenvalue weighted by Gasteiger charge is 2.47. The van der Waals surface area contributed by atoms with Crippen molar-refractivity contribution in [2.45, 2.75) is 135 Å². The zero-order valence-corrected chi connectivity index (χ0v) is 55.3. The number of rotatable bonds is 13. The minimum atomic E-state index is -0.212. The average molecular weight is 1210 g/mol. The van der Waals surface area contributed by atoms with Gasteiger partial charge >= 0.3 is 0 Å². The maximum Gasteiger partial charge on any atom is 0.210 e. The van der Waals surface area contributed by atoms with E-state index < -0.39 is 0 Å². The van der Waals surface area contributed by atoms with E-state index in [2.05, 4.69) is 283 Å². The van der Waals surface area contributed by atoms with Crippen LogP contribution in [-0.4, -0.2) is 47.8 Å². The van der Waals surface area contributed by atoms with E-state index in [0.717, 1.165) is 80.9 Å². The molecule has 6 heteroatoms. The fourth-order valence-electron chi connectivity index (χ4n) is 16.8. The standard InChI is InChI=1S/C83H84Cl2N4/c1-80(2)70(86(9)66-44-36-54-24-13-17-30-62(54)74(66)80)48-40-58-28-23-29-59(78(58)84)42-50-72-82(5,6)76-64-32-19-15-26-56(64)38-46-68(76)88(72)52-21-11-12-22-53-89-69-47-39-57-27-16-20-33-65(57)77(69)83(7,8)73(89)51-43-61-35-34-60(79(61)85)41-49-71-81(3,4)75-63-31-18-14-25-55(63)37-45-67(75)87(71)10/h13-20,24-27,30-33,36-51H,11-12,21-23,28-29,34-35,52-53H2,1-10H3/q+2. The van der Waals surface area contributed by atoms with Crippen LogP contribution in [0.15, 0.2) is 238 Å². The minimum absolute atomic E-state index is 0.151. The van der Waals surface area contributed by atoms with Gasteiger partial charge in [-0.3, -0.25) is 0 Å². The first-order valence-electron chi connectivity index (χ1n) is 32.7. The van der Waals surface area contributed by atoms with Crippen LogP contribution in [0.4, 0.5) is 22.7 Å². The lowest BCUT2D eigenvalue weighted by Gasteiger charge is -2.28. The molecule has 6 aliphatic rings. The molecule has 0 N–H and O–H groups in total. The first kappa shape index (κ1) is 58.9. The van der Waals surface area contributed by atoms with Gasteiger partial charge in [0.25, 0.3) is 0 Å². The number of nitrogens with zero attached hydrogens (tertiary/aromatic N) is 4. The van der Waals surface area contributed by atoms with Crippen LogP contribution in [0.5, 0.6) is 0 Å². The van der Waals surface area contributed by atoms with Crippen LogP contribution in [0.25, 0.3) is 43.1 Å². The predicted molar refractivity (Wildman–Crippen MR) is 382 cm³/mol. The number of hydrogen-bond donors (Lipinski definition) is 0. The van der Waals surface area contributed by atoms with Crippen LogP contribution >= 0.6 is 23.2 Å². The molecule has 0 saturated heterocycles. The van der Waals surface area contributed by atoms with E-state index in [1.165, 1.54) is 133 Å². The number of unbranched alkanes of at least 4 members (excludes halogenated alkanes) is 3. The molecule has 0 amide bonds. The smallest absolute Gasteiger partial charge is 0.210 e. The van der Waals surface area contributed by atoms with Gasteiger partial charge in [0.2, 0.25) is 11.4 Å². The number of halogens is 2. The van der Waals surface area contributed by atoms with Gasteiger partial charge < -0.3 is 9.80 Å². The van der Waals surface area contributed by atoms with Crippen LogP contribution in [-0.2, 0) is 21.7 Å². The molecule has 0 saturated carbocycles. The molecule has 0 radical (unpaired) electrons. The Labute approximate surface area is 538 Å². The van der Waals surface area contributed by atoms with Crippen LogP contribution in [0, 0.1) is 0 Å². The number of benzene rings is 8. The molecule has 8 aromatic rings. The van der Waals surface area contributed by atoms with E-state index in [1.54, 1.807) is 0 Å². The molecule has 448 valence electrons. The van der Waals surface area contributed by atoms with Crippen molar-refractivity contribution in [3.63, 3.8) is 0 Å². The van der Waals surface area contributed by atoms with Crippen molar-refractivity contribution in [1.29, 1.82) is 0 Å². The molecule has 0 bridgehead atoms. The highest BCUT2D eigenvalue weighted by atomic mass is 35.5. The highest BCUT2D eigenvalue weighted by Crippen LogP contribution is 2.54. The molecule has 4 aliphatic heterocycles. The third kappa shape index (κ3) is 9.77. The van der Waals surface area contributed by atoms with E-state index >= 15 is 0 Å². The van der Waals surface area contributed by atoms with Gasteiger partial charge in [0, 0.05) is 92.2 Å². The van der Waals surface area contributed by atoms with Gasteiger partial charge in [0.05, 0.1) is 10.8 Å². The number of fused-ring (bicyclic) bond motifs is 12. The summed E-state index contributed by atoms with van der Waals surface area (Å²) in [5.74, 6) is 0. The summed E-state index contributed by atoms with van der Waals surface area (Å²) in [5.41, 5.74) is 20.2. The van der Waals surface area contributed by atoms with Crippen molar-refractivity contribution in [2.75, 3.05) is 37.0 Å². The Balaban J connectivity index is 0.701. The molecular weight excluding hydrogens is 1120 g/mol. The molecule has 14 rings (SSSR count). The number of allylic oxidation sites excluding steroid dienone is 16. The summed E-state index contributed by atoms with van der Waals surface area (Å²) in [6.07, 6.45) is 28.1. The Morgan fingerprint density at radius 3 is 1.18 bits per heavy atom. The first-order valence-corrected chi connectivity index (χ1v) is 33.5. The van der Waals surface area contributed by atoms with Crippen LogP contribution in [0.3, 0.4) is 0 Å². The normalized spacial score (nSPS) is 21.0. The fraction of sp³-hybridized carbons (Fsp3) is 0.301. The Morgan fingerprint density at radius 1 is 0.382 bits per heavy atom. The van der Waals surface area contributed by atoms with E-state index in [9.17, 15) is 0 Å². The van der Waals surface area contributed by atoms with Crippen LogP contribution in [0.1, 0.15) is 135 Å². The van der Waals surface area contributed by atoms with Crippen molar-refractivity contribution < 1.29 is 9.15 Å². The van der Waals surface area contributed by atoms with Crippen molar-refractivity contribution in [3.05, 3.63) is 260 Å². The lowest BCUT2D eigenvalue weighted by atomic mass is 9.78. The quantitative estimate of drug-likeness (QED) is 0.0843. The SMILES string of the molecule is C[N+]1=C(C=CC2=C(Cl)C(=CC=C3N(CCCCCCN4C(=CC=C5CCC(C=CC6=[N+](C)c7ccc8ccccc8c7C6(C)C)=C5Cl)C(C)(C)c5c4ccc4ccccc54)c4ccc5ccccc5c4C3(C)C)CCC2)C(C)(C)c2c1ccc1ccccc21. The lowest BCUT2D eigenvalue weighted by Crippen LogP contribution is -2.27. The average Bonchev–Trinajstić information content (AvgIpc) is 1.62. The summed E-state index contributed by atoms with van der Waals surface area (Å²) in [4.78, 5) is 5.28. The van der Waals surface area contributed by atoms with Crippen LogP contribution < -0.4 is 9.80 Å². The van der Waals surface area contributed by atoms with Gasteiger partial charge in [-0.25, -0.2) is 0 Å². The Hall–Kier alpha value is -7.76. The monoisotopic (exact) mass is 1210 g/mol. The molecule has 0 atom stereocenters. The molecule has 0 spiro atoms. The minimum Gasteiger partial charge on any atom is -0.344 e. The van der Waals surface area contributed by atoms with Gasteiger partial charge in [0.1, 0.15) is 14.1 Å². The lowest BCUT2D eigenvalue weighted by molar-refractivity contribution is -0.401. The van der Waals surface area contributed by atoms with Crippen molar-refractivity contribution >= 4 is 100 Å². The maximum absolute atomic E-state index is 7.52. The largest absolute Gasteiger partial charge is 0.344 e. The number of hydrogen-bond acceptors (Lipinski definition) is 2. The zero-order valence-electron chi connectivity index (χ0n) is 53.8. The summed E-state index contributed by atoms with van der Waals surface area (Å²) >= 11 is 14.9. The summed E-state index contributed by atoms with van der Waals surface area (Å²) in [6, 6.07) is 53.9. The third-order valence-corrected chi connectivity index (χ3v) is 22.2. The Bertz CT molecular complexity index is 4630. The van der Waals surface area contributed by atoms with Crippen LogP contribution in [0.2, 0.25) is 0 Å². The van der Waals surface area contributed by atoms with E-state index in [1.807, 2.05) is 0 Å². The van der Waals surface area contributed by atoms with Gasteiger partial charge in [-0.1, -0.05) is 197 Å². The molecule has 0 unspecified atom stereocenters. The Morgan fingerprint density at radius 2 is 0.753 bits per heavy atom. The molecule has 4 nitrogen and oxygen atoms in total. The summed E-state index contributed by atoms with van der Waals surface area (Å²) in [5, 5.41) is 12.3. The molecule has 89 heavy (non-hydrogen) atoms. The van der Waals surface area contributed by atoms with Crippen molar-refractivity contribution in [2.24, 2.45) is 0 Å². The zero-order chi connectivity index (χ0) is 61.7. The van der Waals surface area contributed by atoms with E-state index in [-0.39, 0.29) is 21.7 Å². The second-order valence-electron chi connectivity index (χ2n) is 28.0. The van der Waals surface area contributed by atoms with Crippen molar-refractivity contribution in [3.8, 4) is 0 Å². The predicted octanol–water partition coefficient (Wildman–Crippen LogP) is 21.9. The molecule has 8 aromatic carbocycles. The fourth-order valence-corrected chi connectivity index (χ4v) is 17.4. The third-order valence-electron chi connectivity index (χ3n) is 21.3. The maximum atomic E-state index is 7.52. The second kappa shape index (κ2) is 22.6. The first-order chi connectivity index (χ1) is 42.9. The van der Waals surface area contributed by atoms with Gasteiger partial charge in [-0.15, -0.1) is 0 Å². The van der Waals surface area contributed by atoms with Gasteiger partial charge in [-0.2, -0.15) is 9.15 Å². The summed E-state index contributed by atoms with van der Waals surface area (Å²) < 4.78 is 4.76. The van der Waals surface area contributed by atoms with Gasteiger partial charge in [0.15, 0.2) is 11.4 Å². The summed E-state index contributed by atoms with van der Waals surface area (Å²) in [6.45, 7) is 21.1. The van der Waals surface area contributed by atoms with Crippen molar-refractivity contribution in [1.82, 2.24) is 0 Å². The molecule has 2 aliphatic carbocycles. The molecule has 0 fully saturated rings. The second-order valence-corrected chi connectivity index (χ2v) is 28.8.